The smallest absolute Gasteiger partial charge is 0.213 e. The first-order valence-corrected chi connectivity index (χ1v) is 8.76. The van der Waals surface area contributed by atoms with E-state index in [1.54, 1.807) is 11.2 Å². The fraction of sp³-hybridized carbons (Fsp3) is 0.350. The number of hydrazine groups is 1. The van der Waals surface area contributed by atoms with Crippen molar-refractivity contribution >= 4 is 6.08 Å². The van der Waals surface area contributed by atoms with Crippen molar-refractivity contribution in [3.8, 4) is 5.88 Å². The van der Waals surface area contributed by atoms with Crippen LogP contribution in [0.25, 0.3) is 6.08 Å². The lowest BCUT2D eigenvalue weighted by molar-refractivity contribution is 0.235. The van der Waals surface area contributed by atoms with Gasteiger partial charge in [-0.3, -0.25) is 0 Å². The number of nitrogens with two attached hydrogens (primary N) is 2. The zero-order chi connectivity index (χ0) is 17.6. The largest absolute Gasteiger partial charge is 0.470 e. The van der Waals surface area contributed by atoms with Crippen LogP contribution >= 0.6 is 0 Å². The van der Waals surface area contributed by atoms with Crippen molar-refractivity contribution in [1.29, 1.82) is 0 Å². The molecular weight excluding hydrogens is 312 g/mol. The molecule has 132 valence electrons. The van der Waals surface area contributed by atoms with E-state index in [1.165, 1.54) is 12.8 Å². The highest BCUT2D eigenvalue weighted by Gasteiger charge is 2.26. The van der Waals surface area contributed by atoms with Gasteiger partial charge in [0.25, 0.3) is 0 Å². The summed E-state index contributed by atoms with van der Waals surface area (Å²) < 4.78 is 5.92. The normalized spacial score (nSPS) is 20.1. The molecule has 4 N–H and O–H groups in total. The van der Waals surface area contributed by atoms with E-state index in [1.807, 2.05) is 36.4 Å². The highest BCUT2D eigenvalue weighted by Crippen LogP contribution is 2.31. The number of allylic oxidation sites excluding steroid dienone is 2. The van der Waals surface area contributed by atoms with Gasteiger partial charge in [0, 0.05) is 25.2 Å². The van der Waals surface area contributed by atoms with Crippen LogP contribution in [-0.2, 0) is 0 Å². The second-order valence-electron chi connectivity index (χ2n) is 6.56. The third kappa shape index (κ3) is 4.97. The average Bonchev–Trinajstić information content (AvgIpc) is 3.40. The Kier molecular flexibility index (Phi) is 5.56. The summed E-state index contributed by atoms with van der Waals surface area (Å²) in [6.07, 6.45) is 15.7. The lowest BCUT2D eigenvalue weighted by atomic mass is 10.1. The van der Waals surface area contributed by atoms with E-state index in [2.05, 4.69) is 17.6 Å². The maximum absolute atomic E-state index is 6.17. The molecule has 0 aromatic carbocycles. The Morgan fingerprint density at radius 2 is 2.20 bits per heavy atom. The van der Waals surface area contributed by atoms with Crippen LogP contribution in [0.2, 0.25) is 0 Å². The minimum absolute atomic E-state index is 0.118. The summed E-state index contributed by atoms with van der Waals surface area (Å²) >= 11 is 0. The van der Waals surface area contributed by atoms with Crippen LogP contribution < -0.4 is 16.3 Å². The van der Waals surface area contributed by atoms with E-state index in [4.69, 9.17) is 16.3 Å². The van der Waals surface area contributed by atoms with Gasteiger partial charge in [0.1, 0.15) is 6.10 Å². The highest BCUT2D eigenvalue weighted by molar-refractivity contribution is 5.48. The number of hydrogen-bond donors (Lipinski definition) is 2. The molecule has 5 heteroatoms. The third-order valence-electron chi connectivity index (χ3n) is 4.31. The molecule has 1 aromatic rings. The minimum Gasteiger partial charge on any atom is -0.470 e. The summed E-state index contributed by atoms with van der Waals surface area (Å²) in [5, 5.41) is 1.77. The van der Waals surface area contributed by atoms with Crippen molar-refractivity contribution in [3.05, 3.63) is 66.2 Å². The summed E-state index contributed by atoms with van der Waals surface area (Å²) in [4.78, 5) is 4.35. The van der Waals surface area contributed by atoms with Crippen LogP contribution in [-0.4, -0.2) is 22.6 Å². The molecule has 1 fully saturated rings. The molecule has 2 aliphatic rings. The number of ether oxygens (including phenoxy) is 1. The van der Waals surface area contributed by atoms with E-state index >= 15 is 0 Å². The highest BCUT2D eigenvalue weighted by atomic mass is 16.5. The van der Waals surface area contributed by atoms with E-state index in [-0.39, 0.29) is 6.10 Å². The molecule has 1 atom stereocenters. The number of hydrogen-bond acceptors (Lipinski definition) is 5. The van der Waals surface area contributed by atoms with E-state index in [0.717, 1.165) is 36.6 Å². The van der Waals surface area contributed by atoms with E-state index in [0.29, 0.717) is 11.6 Å². The lowest BCUT2D eigenvalue weighted by Crippen LogP contribution is -2.36. The first kappa shape index (κ1) is 17.3. The molecule has 1 heterocycles. The van der Waals surface area contributed by atoms with Crippen molar-refractivity contribution in [1.82, 2.24) is 9.99 Å². The molecule has 0 radical (unpaired) electrons. The van der Waals surface area contributed by atoms with Gasteiger partial charge in [0.05, 0.1) is 11.4 Å². The molecule has 1 unspecified atom stereocenters. The lowest BCUT2D eigenvalue weighted by Gasteiger charge is -2.27. The van der Waals surface area contributed by atoms with Crippen LogP contribution in [0, 0.1) is 5.92 Å². The zero-order valence-electron chi connectivity index (χ0n) is 14.5. The Labute approximate surface area is 149 Å². The SMILES string of the molecule is C=CCC=Cc1ccc(OC2C=C(N)C(N(N)CC3CC3)=CC2)nc1. The molecule has 1 saturated carbocycles. The first-order chi connectivity index (χ1) is 12.2. The fourth-order valence-electron chi connectivity index (χ4n) is 2.76. The number of nitrogens with zero attached hydrogens (tertiary/aromatic N) is 2. The Bertz CT molecular complexity index is 686. The van der Waals surface area contributed by atoms with Crippen molar-refractivity contribution in [3.63, 3.8) is 0 Å². The molecular formula is C20H26N4O. The number of rotatable bonds is 8. The van der Waals surface area contributed by atoms with Gasteiger partial charge in [-0.1, -0.05) is 24.3 Å². The molecule has 0 aliphatic heterocycles. The predicted molar refractivity (Wildman–Crippen MR) is 101 cm³/mol. The van der Waals surface area contributed by atoms with Crippen LogP contribution in [0.5, 0.6) is 5.88 Å². The number of pyridine rings is 1. The summed E-state index contributed by atoms with van der Waals surface area (Å²) in [6.45, 7) is 4.56. The Hall–Kier alpha value is -2.53. The van der Waals surface area contributed by atoms with Crippen LogP contribution in [0.3, 0.4) is 0 Å². The van der Waals surface area contributed by atoms with Crippen molar-refractivity contribution in [2.24, 2.45) is 17.5 Å². The number of aromatic nitrogens is 1. The molecule has 2 aliphatic carbocycles. The van der Waals surface area contributed by atoms with Gasteiger partial charge in [-0.05, 0) is 42.9 Å². The molecule has 5 nitrogen and oxygen atoms in total. The average molecular weight is 338 g/mol. The summed E-state index contributed by atoms with van der Waals surface area (Å²) in [5.41, 5.74) is 8.78. The second kappa shape index (κ2) is 8.03. The summed E-state index contributed by atoms with van der Waals surface area (Å²) in [5.74, 6) is 7.43. The third-order valence-corrected chi connectivity index (χ3v) is 4.31. The van der Waals surface area contributed by atoms with Gasteiger partial charge in [0.2, 0.25) is 5.88 Å². The van der Waals surface area contributed by atoms with Gasteiger partial charge in [-0.15, -0.1) is 6.58 Å². The Morgan fingerprint density at radius 1 is 1.36 bits per heavy atom. The molecule has 0 bridgehead atoms. The monoisotopic (exact) mass is 338 g/mol. The minimum atomic E-state index is -0.118. The van der Waals surface area contributed by atoms with Crippen molar-refractivity contribution in [2.75, 3.05) is 6.54 Å². The second-order valence-corrected chi connectivity index (χ2v) is 6.56. The van der Waals surface area contributed by atoms with E-state index in [9.17, 15) is 0 Å². The Morgan fingerprint density at radius 3 is 2.84 bits per heavy atom. The maximum Gasteiger partial charge on any atom is 0.213 e. The molecule has 0 saturated heterocycles. The van der Waals surface area contributed by atoms with Crippen LogP contribution in [0.1, 0.15) is 31.2 Å². The van der Waals surface area contributed by atoms with Crippen molar-refractivity contribution < 1.29 is 4.74 Å². The molecule has 3 rings (SSSR count). The van der Waals surface area contributed by atoms with Gasteiger partial charge in [-0.2, -0.15) is 0 Å². The summed E-state index contributed by atoms with van der Waals surface area (Å²) in [6, 6.07) is 3.86. The Balaban J connectivity index is 1.55. The van der Waals surface area contributed by atoms with Gasteiger partial charge >= 0.3 is 0 Å². The zero-order valence-corrected chi connectivity index (χ0v) is 14.5. The van der Waals surface area contributed by atoms with Crippen molar-refractivity contribution in [2.45, 2.75) is 31.8 Å². The predicted octanol–water partition coefficient (Wildman–Crippen LogP) is 3.13. The summed E-state index contributed by atoms with van der Waals surface area (Å²) in [7, 11) is 0. The molecule has 0 amide bonds. The van der Waals surface area contributed by atoms with Crippen LogP contribution in [0.15, 0.2) is 60.6 Å². The first-order valence-electron chi connectivity index (χ1n) is 8.76. The van der Waals surface area contributed by atoms with E-state index < -0.39 is 0 Å². The molecule has 25 heavy (non-hydrogen) atoms. The maximum atomic E-state index is 6.17. The van der Waals surface area contributed by atoms with Gasteiger partial charge in [0.15, 0.2) is 0 Å². The van der Waals surface area contributed by atoms with Crippen LogP contribution in [0.4, 0.5) is 0 Å². The molecule has 0 spiro atoms. The fourth-order valence-corrected chi connectivity index (χ4v) is 2.76. The molecule has 1 aromatic heterocycles. The standard InChI is InChI=1S/C20H26N4O/c1-2-3-4-5-15-8-11-20(23-13-15)25-17-9-10-19(18(21)12-17)24(22)14-16-6-7-16/h2,4-5,8,10-13,16-17H,1,3,6-7,9,14,21-22H2. The quantitative estimate of drug-likeness (QED) is 0.432. The van der Waals surface area contributed by atoms with Gasteiger partial charge < -0.3 is 15.5 Å². The van der Waals surface area contributed by atoms with Gasteiger partial charge in [-0.25, -0.2) is 10.8 Å². The topological polar surface area (TPSA) is 77.4 Å².